The molecule has 15 heavy (non-hydrogen) atoms. The predicted molar refractivity (Wildman–Crippen MR) is 68.0 cm³/mol. The number of hydrogen-bond donors (Lipinski definition) is 1. The summed E-state index contributed by atoms with van der Waals surface area (Å²) < 4.78 is 1.05. The van der Waals surface area contributed by atoms with E-state index in [0.29, 0.717) is 0 Å². The van der Waals surface area contributed by atoms with Crippen LogP contribution in [0.5, 0.6) is 0 Å². The van der Waals surface area contributed by atoms with Gasteiger partial charge in [0, 0.05) is 16.4 Å². The van der Waals surface area contributed by atoms with Crippen LogP contribution in [0.4, 0.5) is 0 Å². The zero-order valence-corrected chi connectivity index (χ0v) is 11.0. The van der Waals surface area contributed by atoms with E-state index in [1.807, 2.05) is 12.3 Å². The number of halogens is 1. The summed E-state index contributed by atoms with van der Waals surface area (Å²) in [5.74, 6) is 0.732. The number of nitrogens with zero attached hydrogens (tertiary/aromatic N) is 1. The van der Waals surface area contributed by atoms with Crippen LogP contribution in [0.25, 0.3) is 0 Å². The van der Waals surface area contributed by atoms with Crippen molar-refractivity contribution in [2.45, 2.75) is 26.7 Å². The van der Waals surface area contributed by atoms with Gasteiger partial charge in [-0.05, 0) is 59.9 Å². The molecule has 0 bridgehead atoms. The van der Waals surface area contributed by atoms with E-state index in [0.717, 1.165) is 36.3 Å². The van der Waals surface area contributed by atoms with Gasteiger partial charge in [0.05, 0.1) is 0 Å². The molecule has 0 amide bonds. The molecule has 0 aliphatic rings. The van der Waals surface area contributed by atoms with Gasteiger partial charge in [-0.25, -0.2) is 0 Å². The Morgan fingerprint density at radius 3 is 2.80 bits per heavy atom. The lowest BCUT2D eigenvalue weighted by atomic mass is 10.2. The van der Waals surface area contributed by atoms with E-state index in [1.54, 1.807) is 0 Å². The highest BCUT2D eigenvalue weighted by Crippen LogP contribution is 2.08. The van der Waals surface area contributed by atoms with Crippen molar-refractivity contribution in [3.8, 4) is 0 Å². The first-order valence-corrected chi connectivity index (χ1v) is 6.29. The van der Waals surface area contributed by atoms with Gasteiger partial charge in [-0.1, -0.05) is 13.8 Å². The maximum atomic E-state index is 4.34. The normalized spacial score (nSPS) is 10.9. The van der Waals surface area contributed by atoms with Gasteiger partial charge < -0.3 is 5.32 Å². The summed E-state index contributed by atoms with van der Waals surface area (Å²) in [6.45, 7) is 6.64. The lowest BCUT2D eigenvalue weighted by molar-refractivity contribution is 0.542. The highest BCUT2D eigenvalue weighted by molar-refractivity contribution is 9.10. The molecule has 2 nitrogen and oxygen atoms in total. The monoisotopic (exact) mass is 270 g/mol. The third-order valence-electron chi connectivity index (χ3n) is 2.13. The lowest BCUT2D eigenvalue weighted by Gasteiger charge is -2.06. The molecule has 1 N–H and O–H groups in total. The van der Waals surface area contributed by atoms with Gasteiger partial charge in [0.2, 0.25) is 0 Å². The van der Waals surface area contributed by atoms with Crippen molar-refractivity contribution < 1.29 is 0 Å². The molecule has 1 rings (SSSR count). The second-order valence-electron chi connectivity index (χ2n) is 4.17. The smallest absolute Gasteiger partial charge is 0.0413 e. The summed E-state index contributed by atoms with van der Waals surface area (Å²) in [4.78, 5) is 4.34. The van der Waals surface area contributed by atoms with E-state index in [-0.39, 0.29) is 0 Å². The van der Waals surface area contributed by atoms with E-state index in [9.17, 15) is 0 Å². The zero-order chi connectivity index (χ0) is 11.1. The fourth-order valence-electron chi connectivity index (χ4n) is 1.34. The molecular weight excluding hydrogens is 252 g/mol. The minimum atomic E-state index is 0.732. The molecule has 0 saturated carbocycles. The van der Waals surface area contributed by atoms with Crippen LogP contribution in [-0.2, 0) is 6.42 Å². The highest BCUT2D eigenvalue weighted by Gasteiger charge is 1.96. The van der Waals surface area contributed by atoms with Crippen LogP contribution in [0, 0.1) is 5.92 Å². The quantitative estimate of drug-likeness (QED) is 0.804. The number of pyridine rings is 1. The van der Waals surface area contributed by atoms with Crippen LogP contribution in [0.3, 0.4) is 0 Å². The molecule has 3 heteroatoms. The van der Waals surface area contributed by atoms with Crippen LogP contribution in [0.1, 0.15) is 26.0 Å². The summed E-state index contributed by atoms with van der Waals surface area (Å²) in [6.07, 6.45) is 4.07. The maximum absolute atomic E-state index is 4.34. The van der Waals surface area contributed by atoms with Gasteiger partial charge in [-0.15, -0.1) is 0 Å². The summed E-state index contributed by atoms with van der Waals surface area (Å²) >= 11 is 3.38. The third kappa shape index (κ3) is 5.90. The molecule has 0 fully saturated rings. The molecule has 0 spiro atoms. The summed E-state index contributed by atoms with van der Waals surface area (Å²) in [6, 6.07) is 4.12. The summed E-state index contributed by atoms with van der Waals surface area (Å²) in [5.41, 5.74) is 1.17. The Balaban J connectivity index is 2.12. The Morgan fingerprint density at radius 2 is 2.20 bits per heavy atom. The Morgan fingerprint density at radius 1 is 1.40 bits per heavy atom. The number of nitrogens with one attached hydrogen (secondary N) is 1. The van der Waals surface area contributed by atoms with Gasteiger partial charge in [0.1, 0.15) is 0 Å². The van der Waals surface area contributed by atoms with E-state index in [1.165, 1.54) is 5.69 Å². The van der Waals surface area contributed by atoms with Gasteiger partial charge in [-0.2, -0.15) is 0 Å². The third-order valence-corrected chi connectivity index (χ3v) is 2.60. The molecule has 1 aromatic rings. The first kappa shape index (κ1) is 12.7. The topological polar surface area (TPSA) is 24.9 Å². The Labute approximate surface area is 101 Å². The number of aromatic nitrogens is 1. The SMILES string of the molecule is CC(C)CNCCCc1ccc(Br)cn1. The van der Waals surface area contributed by atoms with Crippen molar-refractivity contribution >= 4 is 15.9 Å². The van der Waals surface area contributed by atoms with Crippen molar-refractivity contribution in [3.63, 3.8) is 0 Å². The van der Waals surface area contributed by atoms with Crippen molar-refractivity contribution in [1.82, 2.24) is 10.3 Å². The molecule has 0 radical (unpaired) electrons. The molecule has 0 aliphatic carbocycles. The Bertz CT molecular complexity index is 269. The fourth-order valence-corrected chi connectivity index (χ4v) is 1.57. The van der Waals surface area contributed by atoms with Gasteiger partial charge in [0.15, 0.2) is 0 Å². The van der Waals surface area contributed by atoms with Crippen molar-refractivity contribution in [1.29, 1.82) is 0 Å². The first-order chi connectivity index (χ1) is 7.18. The molecule has 0 aliphatic heterocycles. The number of rotatable bonds is 6. The minimum absolute atomic E-state index is 0.732. The van der Waals surface area contributed by atoms with E-state index < -0.39 is 0 Å². The maximum Gasteiger partial charge on any atom is 0.0413 e. The average molecular weight is 271 g/mol. The van der Waals surface area contributed by atoms with Crippen LogP contribution in [-0.4, -0.2) is 18.1 Å². The molecule has 1 aromatic heterocycles. The second kappa shape index (κ2) is 6.96. The Hall–Kier alpha value is -0.410. The van der Waals surface area contributed by atoms with Crippen LogP contribution in [0.15, 0.2) is 22.8 Å². The molecule has 1 heterocycles. The first-order valence-electron chi connectivity index (χ1n) is 5.49. The van der Waals surface area contributed by atoms with E-state index in [4.69, 9.17) is 0 Å². The molecular formula is C12H19BrN2. The lowest BCUT2D eigenvalue weighted by Crippen LogP contribution is -2.21. The second-order valence-corrected chi connectivity index (χ2v) is 5.08. The van der Waals surface area contributed by atoms with Gasteiger partial charge in [-0.3, -0.25) is 4.98 Å². The van der Waals surface area contributed by atoms with Gasteiger partial charge in [0.25, 0.3) is 0 Å². The number of hydrogen-bond acceptors (Lipinski definition) is 2. The number of aryl methyl sites for hydroxylation is 1. The van der Waals surface area contributed by atoms with E-state index in [2.05, 4.69) is 46.1 Å². The predicted octanol–water partition coefficient (Wildman–Crippen LogP) is 3.02. The molecule has 84 valence electrons. The van der Waals surface area contributed by atoms with Crippen molar-refractivity contribution in [2.24, 2.45) is 5.92 Å². The summed E-state index contributed by atoms with van der Waals surface area (Å²) in [7, 11) is 0. The molecule has 0 aromatic carbocycles. The van der Waals surface area contributed by atoms with Crippen molar-refractivity contribution in [3.05, 3.63) is 28.5 Å². The highest BCUT2D eigenvalue weighted by atomic mass is 79.9. The van der Waals surface area contributed by atoms with Crippen LogP contribution in [0.2, 0.25) is 0 Å². The molecule has 0 atom stereocenters. The van der Waals surface area contributed by atoms with Crippen molar-refractivity contribution in [2.75, 3.05) is 13.1 Å². The Kier molecular flexibility index (Phi) is 5.88. The minimum Gasteiger partial charge on any atom is -0.316 e. The van der Waals surface area contributed by atoms with Crippen LogP contribution < -0.4 is 5.32 Å². The molecule has 0 unspecified atom stereocenters. The average Bonchev–Trinajstić information content (AvgIpc) is 2.20. The largest absolute Gasteiger partial charge is 0.316 e. The fraction of sp³-hybridized carbons (Fsp3) is 0.583. The standard InChI is InChI=1S/C12H19BrN2/c1-10(2)8-14-7-3-4-12-6-5-11(13)9-15-12/h5-6,9-10,14H,3-4,7-8H2,1-2H3. The molecule has 0 saturated heterocycles. The van der Waals surface area contributed by atoms with Crippen LogP contribution >= 0.6 is 15.9 Å². The van der Waals surface area contributed by atoms with Gasteiger partial charge >= 0.3 is 0 Å². The van der Waals surface area contributed by atoms with E-state index >= 15 is 0 Å². The summed E-state index contributed by atoms with van der Waals surface area (Å²) in [5, 5.41) is 3.43. The zero-order valence-electron chi connectivity index (χ0n) is 9.46.